The number of para-hydroxylation sites is 1. The number of nitrogen functional groups attached to an aromatic ring is 1. The van der Waals surface area contributed by atoms with Gasteiger partial charge in [-0.15, -0.1) is 0 Å². The van der Waals surface area contributed by atoms with Gasteiger partial charge in [0.15, 0.2) is 5.82 Å². The summed E-state index contributed by atoms with van der Waals surface area (Å²) in [7, 11) is 0. The number of amides is 1. The molecule has 0 bridgehead atoms. The molecule has 0 aliphatic rings. The fourth-order valence-electron chi connectivity index (χ4n) is 1.87. The van der Waals surface area contributed by atoms with Crippen LogP contribution in [0.25, 0.3) is 0 Å². The van der Waals surface area contributed by atoms with E-state index in [9.17, 15) is 4.79 Å². The quantitative estimate of drug-likeness (QED) is 0.593. The molecule has 0 aliphatic carbocycles. The van der Waals surface area contributed by atoms with Crippen molar-refractivity contribution in [1.29, 1.82) is 0 Å². The third-order valence-electron chi connectivity index (χ3n) is 2.88. The largest absolute Gasteiger partial charge is 0.322 e. The monoisotopic (exact) mass is 334 g/mol. The number of nitrogens with zero attached hydrogens (tertiary/aromatic N) is 1. The van der Waals surface area contributed by atoms with Crippen molar-refractivity contribution in [3.63, 3.8) is 0 Å². The van der Waals surface area contributed by atoms with E-state index in [2.05, 4.69) is 31.7 Å². The number of aromatic nitrogens is 1. The molecule has 0 aliphatic heterocycles. The van der Waals surface area contributed by atoms with Gasteiger partial charge in [-0.05, 0) is 40.0 Å². The van der Waals surface area contributed by atoms with Gasteiger partial charge in [-0.1, -0.05) is 25.1 Å². The van der Waals surface area contributed by atoms with Gasteiger partial charge in [0.05, 0.1) is 5.56 Å². The van der Waals surface area contributed by atoms with Crippen LogP contribution in [0, 0.1) is 0 Å². The van der Waals surface area contributed by atoms with Crippen molar-refractivity contribution < 1.29 is 4.79 Å². The highest BCUT2D eigenvalue weighted by Crippen LogP contribution is 2.21. The summed E-state index contributed by atoms with van der Waals surface area (Å²) in [5.41, 5.74) is 4.68. The molecule has 0 saturated heterocycles. The van der Waals surface area contributed by atoms with E-state index < -0.39 is 0 Å². The number of pyridine rings is 1. The fourth-order valence-corrected chi connectivity index (χ4v) is 2.20. The second kappa shape index (κ2) is 6.49. The van der Waals surface area contributed by atoms with Crippen molar-refractivity contribution in [3.05, 3.63) is 52.1 Å². The molecule has 1 amide bonds. The lowest BCUT2D eigenvalue weighted by Crippen LogP contribution is -2.19. The fraction of sp³-hybridized carbons (Fsp3) is 0.143. The van der Waals surface area contributed by atoms with Gasteiger partial charge in [0.2, 0.25) is 0 Å². The van der Waals surface area contributed by atoms with E-state index in [-0.39, 0.29) is 5.91 Å². The smallest absolute Gasteiger partial charge is 0.259 e. The SMILES string of the molecule is CCc1ccccc1NC(=O)c1cc(Br)cnc1NN. The number of benzene rings is 1. The zero-order chi connectivity index (χ0) is 14.5. The Morgan fingerprint density at radius 3 is 2.85 bits per heavy atom. The minimum atomic E-state index is -0.257. The van der Waals surface area contributed by atoms with E-state index in [0.717, 1.165) is 17.7 Å². The summed E-state index contributed by atoms with van der Waals surface area (Å²) in [5, 5.41) is 2.88. The van der Waals surface area contributed by atoms with Crippen LogP contribution in [0.5, 0.6) is 0 Å². The van der Waals surface area contributed by atoms with E-state index in [1.807, 2.05) is 31.2 Å². The highest BCUT2D eigenvalue weighted by Gasteiger charge is 2.14. The molecule has 1 aromatic heterocycles. The predicted molar refractivity (Wildman–Crippen MR) is 83.5 cm³/mol. The first-order chi connectivity index (χ1) is 9.65. The minimum Gasteiger partial charge on any atom is -0.322 e. The normalized spacial score (nSPS) is 10.2. The number of hydrogen-bond donors (Lipinski definition) is 3. The summed E-state index contributed by atoms with van der Waals surface area (Å²) in [6, 6.07) is 9.36. The van der Waals surface area contributed by atoms with Crippen LogP contribution in [0.2, 0.25) is 0 Å². The number of hydrogen-bond acceptors (Lipinski definition) is 4. The van der Waals surface area contributed by atoms with Crippen molar-refractivity contribution in [2.45, 2.75) is 13.3 Å². The maximum atomic E-state index is 12.3. The second-order valence-electron chi connectivity index (χ2n) is 4.16. The molecule has 20 heavy (non-hydrogen) atoms. The molecule has 1 aromatic carbocycles. The van der Waals surface area contributed by atoms with Gasteiger partial charge in [0.1, 0.15) is 0 Å². The van der Waals surface area contributed by atoms with Gasteiger partial charge in [0.25, 0.3) is 5.91 Å². The molecule has 0 atom stereocenters. The van der Waals surface area contributed by atoms with Crippen LogP contribution >= 0.6 is 15.9 Å². The summed E-state index contributed by atoms with van der Waals surface area (Å²) in [6.07, 6.45) is 2.42. The molecule has 0 saturated carbocycles. The molecule has 4 N–H and O–H groups in total. The van der Waals surface area contributed by atoms with Crippen LogP contribution in [0.15, 0.2) is 41.0 Å². The predicted octanol–water partition coefficient (Wildman–Crippen LogP) is 2.94. The van der Waals surface area contributed by atoms with E-state index in [0.29, 0.717) is 15.9 Å². The lowest BCUT2D eigenvalue weighted by molar-refractivity contribution is 0.102. The van der Waals surface area contributed by atoms with Crippen molar-refractivity contribution >= 4 is 33.3 Å². The lowest BCUT2D eigenvalue weighted by atomic mass is 10.1. The van der Waals surface area contributed by atoms with E-state index in [4.69, 9.17) is 5.84 Å². The topological polar surface area (TPSA) is 80.0 Å². The maximum absolute atomic E-state index is 12.3. The molecule has 104 valence electrons. The number of carbonyl (C=O) groups is 1. The molecule has 1 heterocycles. The maximum Gasteiger partial charge on any atom is 0.259 e. The van der Waals surface area contributed by atoms with Crippen LogP contribution in [-0.4, -0.2) is 10.9 Å². The van der Waals surface area contributed by atoms with Gasteiger partial charge in [0, 0.05) is 16.4 Å². The van der Waals surface area contributed by atoms with Gasteiger partial charge < -0.3 is 10.7 Å². The third-order valence-corrected chi connectivity index (χ3v) is 3.32. The average molecular weight is 335 g/mol. The van der Waals surface area contributed by atoms with E-state index >= 15 is 0 Å². The number of carbonyl (C=O) groups excluding carboxylic acids is 1. The molecular weight excluding hydrogens is 320 g/mol. The van der Waals surface area contributed by atoms with Crippen molar-refractivity contribution in [2.24, 2.45) is 5.84 Å². The zero-order valence-corrected chi connectivity index (χ0v) is 12.6. The summed E-state index contributed by atoms with van der Waals surface area (Å²) in [6.45, 7) is 2.04. The molecule has 0 spiro atoms. The van der Waals surface area contributed by atoms with Gasteiger partial charge in [-0.3, -0.25) is 4.79 Å². The molecular formula is C14H15BrN4O. The Hall–Kier alpha value is -1.92. The summed E-state index contributed by atoms with van der Waals surface area (Å²) in [4.78, 5) is 16.4. The van der Waals surface area contributed by atoms with Crippen LogP contribution in [0.3, 0.4) is 0 Å². The minimum absolute atomic E-state index is 0.257. The number of hydrazine groups is 1. The number of halogens is 1. The number of nitrogens with two attached hydrogens (primary N) is 1. The molecule has 2 rings (SSSR count). The zero-order valence-electron chi connectivity index (χ0n) is 11.0. The average Bonchev–Trinajstić information content (AvgIpc) is 2.47. The summed E-state index contributed by atoms with van der Waals surface area (Å²) < 4.78 is 0.713. The lowest BCUT2D eigenvalue weighted by Gasteiger charge is -2.12. The molecule has 5 nitrogen and oxygen atoms in total. The number of nitrogens with one attached hydrogen (secondary N) is 2. The van der Waals surface area contributed by atoms with Crippen LogP contribution in [0.1, 0.15) is 22.8 Å². The number of rotatable bonds is 4. The second-order valence-corrected chi connectivity index (χ2v) is 5.07. The molecule has 0 unspecified atom stereocenters. The highest BCUT2D eigenvalue weighted by molar-refractivity contribution is 9.10. The summed E-state index contributed by atoms with van der Waals surface area (Å²) >= 11 is 3.30. The van der Waals surface area contributed by atoms with Crippen LogP contribution in [-0.2, 0) is 6.42 Å². The highest BCUT2D eigenvalue weighted by atomic mass is 79.9. The Bertz CT molecular complexity index is 630. The van der Waals surface area contributed by atoms with Gasteiger partial charge in [-0.25, -0.2) is 10.8 Å². The molecule has 2 aromatic rings. The molecule has 0 fully saturated rings. The Labute approximate surface area is 125 Å². The Kier molecular flexibility index (Phi) is 4.70. The first-order valence-electron chi connectivity index (χ1n) is 6.17. The molecule has 6 heteroatoms. The van der Waals surface area contributed by atoms with Crippen LogP contribution in [0.4, 0.5) is 11.5 Å². The van der Waals surface area contributed by atoms with Crippen molar-refractivity contribution in [3.8, 4) is 0 Å². The van der Waals surface area contributed by atoms with E-state index in [1.54, 1.807) is 12.3 Å². The van der Waals surface area contributed by atoms with Gasteiger partial charge >= 0.3 is 0 Å². The van der Waals surface area contributed by atoms with Crippen molar-refractivity contribution in [2.75, 3.05) is 10.7 Å². The number of anilines is 2. The third kappa shape index (κ3) is 3.15. The molecule has 0 radical (unpaired) electrons. The van der Waals surface area contributed by atoms with Gasteiger partial charge in [-0.2, -0.15) is 0 Å². The van der Waals surface area contributed by atoms with Crippen LogP contribution < -0.4 is 16.6 Å². The van der Waals surface area contributed by atoms with E-state index in [1.165, 1.54) is 0 Å². The summed E-state index contributed by atoms with van der Waals surface area (Å²) in [5.74, 6) is 5.46. The Morgan fingerprint density at radius 2 is 2.15 bits per heavy atom. The Morgan fingerprint density at radius 1 is 1.40 bits per heavy atom. The Balaban J connectivity index is 2.30. The van der Waals surface area contributed by atoms with Crippen molar-refractivity contribution in [1.82, 2.24) is 4.98 Å². The first-order valence-corrected chi connectivity index (χ1v) is 6.96. The standard InChI is InChI=1S/C14H15BrN4O/c1-2-9-5-3-4-6-12(9)18-14(20)11-7-10(15)8-17-13(11)19-16/h3-8H,2,16H2,1H3,(H,17,19)(H,18,20). The number of aryl methyl sites for hydroxylation is 1. The first kappa shape index (κ1) is 14.5.